The number of hydrogen-bond donors (Lipinski definition) is 1. The normalized spacial score (nSPS) is 24.0. The van der Waals surface area contributed by atoms with Crippen LogP contribution < -0.4 is 0 Å². The highest BCUT2D eigenvalue weighted by Crippen LogP contribution is 2.06. The summed E-state index contributed by atoms with van der Waals surface area (Å²) in [6.45, 7) is 0. The van der Waals surface area contributed by atoms with Gasteiger partial charge in [-0.1, -0.05) is 0 Å². The third-order valence-electron chi connectivity index (χ3n) is 1.16. The number of ether oxygens (including phenoxy) is 1. The van der Waals surface area contributed by atoms with Crippen LogP contribution in [-0.2, 0) is 14.3 Å². The van der Waals surface area contributed by atoms with E-state index in [0.717, 1.165) is 6.26 Å². The number of aliphatic carboxylic acids is 1. The predicted molar refractivity (Wildman–Crippen MR) is 31.3 cm³/mol. The molecular weight excluding hydrogens is 136 g/mol. The highest BCUT2D eigenvalue weighted by Gasteiger charge is 2.23. The molecule has 0 spiro atoms. The topological polar surface area (TPSA) is 63.6 Å². The van der Waals surface area contributed by atoms with Crippen molar-refractivity contribution >= 4 is 11.8 Å². The van der Waals surface area contributed by atoms with E-state index in [2.05, 4.69) is 4.74 Å². The Morgan fingerprint density at radius 1 is 1.80 bits per heavy atom. The first-order valence-electron chi connectivity index (χ1n) is 2.78. The molecule has 0 amide bonds. The summed E-state index contributed by atoms with van der Waals surface area (Å²) in [7, 11) is 0. The van der Waals surface area contributed by atoms with Crippen molar-refractivity contribution in [3.8, 4) is 0 Å². The van der Waals surface area contributed by atoms with E-state index in [1.165, 1.54) is 6.08 Å². The maximum absolute atomic E-state index is 10.5. The van der Waals surface area contributed by atoms with Crippen molar-refractivity contribution in [2.75, 3.05) is 0 Å². The molecular formula is C6H6O4. The van der Waals surface area contributed by atoms with Crippen LogP contribution in [0.3, 0.4) is 0 Å². The van der Waals surface area contributed by atoms with E-state index in [4.69, 9.17) is 5.11 Å². The lowest BCUT2D eigenvalue weighted by molar-refractivity contribution is -0.149. The summed E-state index contributed by atoms with van der Waals surface area (Å²) in [5.74, 6) is -1.31. The lowest BCUT2D eigenvalue weighted by Gasteiger charge is -2.12. The standard InChI is InChI=1S/C6H6O4/c7-4-1-2-10-5(3-4)6(8)9/h1-2,5H,3H2,(H,8,9)/t5-/m1/s1. The van der Waals surface area contributed by atoms with Crippen LogP contribution in [0.2, 0.25) is 0 Å². The molecule has 0 unspecified atom stereocenters. The van der Waals surface area contributed by atoms with Gasteiger partial charge in [-0.05, 0) is 0 Å². The fourth-order valence-electron chi connectivity index (χ4n) is 0.654. The molecule has 0 bridgehead atoms. The Balaban J connectivity index is 2.60. The molecule has 1 rings (SSSR count). The summed E-state index contributed by atoms with van der Waals surface area (Å²) in [5, 5.41) is 8.34. The molecule has 0 saturated carbocycles. The SMILES string of the molecule is O=C1C=CO[C@@H](C(=O)O)C1. The number of carbonyl (C=O) groups excluding carboxylic acids is 1. The maximum atomic E-state index is 10.5. The van der Waals surface area contributed by atoms with Gasteiger partial charge in [-0.3, -0.25) is 4.79 Å². The summed E-state index contributed by atoms with van der Waals surface area (Å²) >= 11 is 0. The van der Waals surface area contributed by atoms with Crippen LogP contribution in [0.1, 0.15) is 6.42 Å². The van der Waals surface area contributed by atoms with E-state index in [0.29, 0.717) is 0 Å². The Kier molecular flexibility index (Phi) is 1.71. The van der Waals surface area contributed by atoms with Gasteiger partial charge in [-0.2, -0.15) is 0 Å². The summed E-state index contributed by atoms with van der Waals surface area (Å²) in [6.07, 6.45) is 1.29. The van der Waals surface area contributed by atoms with Crippen LogP contribution in [-0.4, -0.2) is 23.0 Å². The van der Waals surface area contributed by atoms with Gasteiger partial charge in [0.2, 0.25) is 6.10 Å². The van der Waals surface area contributed by atoms with Gasteiger partial charge in [0.05, 0.1) is 12.7 Å². The second-order valence-electron chi connectivity index (χ2n) is 1.94. The number of carbonyl (C=O) groups is 2. The molecule has 1 atom stereocenters. The molecule has 1 aliphatic rings. The molecule has 0 saturated heterocycles. The van der Waals surface area contributed by atoms with Crippen LogP contribution in [0, 0.1) is 0 Å². The number of rotatable bonds is 1. The molecule has 1 aliphatic heterocycles. The van der Waals surface area contributed by atoms with Gasteiger partial charge in [0, 0.05) is 6.08 Å². The minimum Gasteiger partial charge on any atom is -0.486 e. The summed E-state index contributed by atoms with van der Waals surface area (Å²) < 4.78 is 4.61. The second-order valence-corrected chi connectivity index (χ2v) is 1.94. The highest BCUT2D eigenvalue weighted by atomic mass is 16.5. The lowest BCUT2D eigenvalue weighted by atomic mass is 10.1. The Bertz CT molecular complexity index is 194. The summed E-state index contributed by atoms with van der Waals surface area (Å²) in [5.41, 5.74) is 0. The second kappa shape index (κ2) is 2.51. The predicted octanol–water partition coefficient (Wildman–Crippen LogP) is -0.0573. The van der Waals surface area contributed by atoms with Crippen LogP contribution in [0.25, 0.3) is 0 Å². The lowest BCUT2D eigenvalue weighted by Crippen LogP contribution is -2.27. The molecule has 4 heteroatoms. The molecule has 0 aromatic carbocycles. The Labute approximate surface area is 57.1 Å². The van der Waals surface area contributed by atoms with Gasteiger partial charge >= 0.3 is 5.97 Å². The average Bonchev–Trinajstić information content (AvgIpc) is 1.88. The molecule has 0 radical (unpaired) electrons. The van der Waals surface area contributed by atoms with E-state index < -0.39 is 12.1 Å². The van der Waals surface area contributed by atoms with E-state index in [9.17, 15) is 9.59 Å². The Morgan fingerprint density at radius 3 is 2.90 bits per heavy atom. The van der Waals surface area contributed by atoms with E-state index >= 15 is 0 Å². The number of carboxylic acids is 1. The zero-order valence-electron chi connectivity index (χ0n) is 5.11. The van der Waals surface area contributed by atoms with Crippen molar-refractivity contribution in [3.05, 3.63) is 12.3 Å². The average molecular weight is 142 g/mol. The number of ketones is 1. The molecule has 1 heterocycles. The largest absolute Gasteiger partial charge is 0.486 e. The van der Waals surface area contributed by atoms with Gasteiger partial charge in [0.1, 0.15) is 0 Å². The number of hydrogen-bond acceptors (Lipinski definition) is 3. The van der Waals surface area contributed by atoms with Crippen molar-refractivity contribution in [2.24, 2.45) is 0 Å². The number of carboxylic acid groups (broad SMARTS) is 1. The fourth-order valence-corrected chi connectivity index (χ4v) is 0.654. The summed E-state index contributed by atoms with van der Waals surface area (Å²) in [6, 6.07) is 0. The van der Waals surface area contributed by atoms with Crippen LogP contribution in [0.15, 0.2) is 12.3 Å². The highest BCUT2D eigenvalue weighted by molar-refractivity contribution is 5.93. The third kappa shape index (κ3) is 1.34. The van der Waals surface area contributed by atoms with Gasteiger partial charge in [-0.15, -0.1) is 0 Å². The molecule has 0 aliphatic carbocycles. The van der Waals surface area contributed by atoms with Crippen molar-refractivity contribution in [3.63, 3.8) is 0 Å². The molecule has 54 valence electrons. The van der Waals surface area contributed by atoms with Crippen molar-refractivity contribution < 1.29 is 19.4 Å². The Morgan fingerprint density at radius 2 is 2.50 bits per heavy atom. The van der Waals surface area contributed by atoms with E-state index in [1.54, 1.807) is 0 Å². The van der Waals surface area contributed by atoms with E-state index in [1.807, 2.05) is 0 Å². The minimum absolute atomic E-state index is 0.0637. The molecule has 1 N–H and O–H groups in total. The fraction of sp³-hybridized carbons (Fsp3) is 0.333. The van der Waals surface area contributed by atoms with Gasteiger partial charge in [0.15, 0.2) is 5.78 Å². The van der Waals surface area contributed by atoms with Gasteiger partial charge in [-0.25, -0.2) is 4.79 Å². The van der Waals surface area contributed by atoms with Crippen LogP contribution >= 0.6 is 0 Å². The van der Waals surface area contributed by atoms with E-state index in [-0.39, 0.29) is 12.2 Å². The third-order valence-corrected chi connectivity index (χ3v) is 1.16. The van der Waals surface area contributed by atoms with Crippen LogP contribution in [0.4, 0.5) is 0 Å². The van der Waals surface area contributed by atoms with Gasteiger partial charge < -0.3 is 9.84 Å². The molecule has 10 heavy (non-hydrogen) atoms. The smallest absolute Gasteiger partial charge is 0.345 e. The first-order chi connectivity index (χ1) is 4.70. The quantitative estimate of drug-likeness (QED) is 0.557. The zero-order chi connectivity index (χ0) is 7.56. The summed E-state index contributed by atoms with van der Waals surface area (Å²) in [4.78, 5) is 20.7. The molecule has 4 nitrogen and oxygen atoms in total. The monoisotopic (exact) mass is 142 g/mol. The number of allylic oxidation sites excluding steroid dienone is 1. The first kappa shape index (κ1) is 6.80. The Hall–Kier alpha value is -1.32. The molecule has 0 aromatic rings. The minimum atomic E-state index is -1.10. The molecule has 0 aromatic heterocycles. The zero-order valence-corrected chi connectivity index (χ0v) is 5.11. The molecule has 0 fully saturated rings. The van der Waals surface area contributed by atoms with Crippen molar-refractivity contribution in [2.45, 2.75) is 12.5 Å². The van der Waals surface area contributed by atoms with Gasteiger partial charge in [0.25, 0.3) is 0 Å². The van der Waals surface area contributed by atoms with Crippen molar-refractivity contribution in [1.82, 2.24) is 0 Å². The van der Waals surface area contributed by atoms with Crippen LogP contribution in [0.5, 0.6) is 0 Å². The first-order valence-corrected chi connectivity index (χ1v) is 2.78. The van der Waals surface area contributed by atoms with Crippen molar-refractivity contribution in [1.29, 1.82) is 0 Å². The maximum Gasteiger partial charge on any atom is 0.345 e.